The molecule has 22 heavy (non-hydrogen) atoms. The predicted octanol–water partition coefficient (Wildman–Crippen LogP) is 1.12. The summed E-state index contributed by atoms with van der Waals surface area (Å²) in [5.74, 6) is 0.741. The SMILES string of the molecule is CN=C(NCC1CCN(S(=O)(=O)C(F)(F)F)CC1)NC(C)C. The Hall–Kier alpha value is -1.03. The third-order valence-electron chi connectivity index (χ3n) is 3.41. The van der Waals surface area contributed by atoms with Crippen molar-refractivity contribution in [2.45, 2.75) is 38.2 Å². The van der Waals surface area contributed by atoms with Crippen LogP contribution < -0.4 is 10.6 Å². The van der Waals surface area contributed by atoms with E-state index in [4.69, 9.17) is 0 Å². The number of guanidine groups is 1. The summed E-state index contributed by atoms with van der Waals surface area (Å²) in [6.45, 7) is 4.27. The maximum Gasteiger partial charge on any atom is 0.511 e. The molecule has 0 radical (unpaired) electrons. The van der Waals surface area contributed by atoms with Crippen molar-refractivity contribution in [3.05, 3.63) is 0 Å². The zero-order valence-corrected chi connectivity index (χ0v) is 13.8. The van der Waals surface area contributed by atoms with Gasteiger partial charge in [0.25, 0.3) is 0 Å². The van der Waals surface area contributed by atoms with Crippen molar-refractivity contribution >= 4 is 16.0 Å². The zero-order valence-electron chi connectivity index (χ0n) is 12.9. The second-order valence-corrected chi connectivity index (χ2v) is 7.47. The first kappa shape index (κ1) is 19.0. The van der Waals surface area contributed by atoms with Gasteiger partial charge in [0.2, 0.25) is 0 Å². The molecule has 1 aliphatic rings. The van der Waals surface area contributed by atoms with Crippen molar-refractivity contribution < 1.29 is 21.6 Å². The van der Waals surface area contributed by atoms with E-state index in [1.165, 1.54) is 0 Å². The van der Waals surface area contributed by atoms with Gasteiger partial charge in [-0.1, -0.05) is 0 Å². The van der Waals surface area contributed by atoms with Crippen LogP contribution in [0.3, 0.4) is 0 Å². The number of halogens is 3. The van der Waals surface area contributed by atoms with Crippen LogP contribution in [-0.4, -0.2) is 56.9 Å². The van der Waals surface area contributed by atoms with Crippen LogP contribution in [0.5, 0.6) is 0 Å². The van der Waals surface area contributed by atoms with Crippen molar-refractivity contribution in [1.29, 1.82) is 0 Å². The van der Waals surface area contributed by atoms with E-state index in [1.807, 2.05) is 13.8 Å². The van der Waals surface area contributed by atoms with Crippen LogP contribution in [0.1, 0.15) is 26.7 Å². The molecular weight excluding hydrogens is 321 g/mol. The number of piperidine rings is 1. The monoisotopic (exact) mass is 344 g/mol. The Labute approximate surface area is 129 Å². The molecule has 0 aliphatic carbocycles. The topological polar surface area (TPSA) is 73.8 Å². The van der Waals surface area contributed by atoms with Gasteiger partial charge in [0.05, 0.1) is 0 Å². The molecule has 1 aliphatic heterocycles. The summed E-state index contributed by atoms with van der Waals surface area (Å²) in [6, 6.07) is 0.213. The maximum absolute atomic E-state index is 12.5. The Bertz CT molecular complexity index is 483. The summed E-state index contributed by atoms with van der Waals surface area (Å²) in [5.41, 5.74) is -5.22. The quantitative estimate of drug-likeness (QED) is 0.592. The van der Waals surface area contributed by atoms with E-state index in [0.29, 0.717) is 29.7 Å². The van der Waals surface area contributed by atoms with Gasteiger partial charge >= 0.3 is 15.5 Å². The fraction of sp³-hybridized carbons (Fsp3) is 0.917. The minimum atomic E-state index is -5.22. The number of sulfonamides is 1. The summed E-state index contributed by atoms with van der Waals surface area (Å²) in [5, 5.41) is 6.21. The normalized spacial score (nSPS) is 19.5. The molecule has 1 heterocycles. The second-order valence-electron chi connectivity index (χ2n) is 5.55. The van der Waals surface area contributed by atoms with Crippen molar-refractivity contribution in [1.82, 2.24) is 14.9 Å². The molecule has 0 aromatic heterocycles. The van der Waals surface area contributed by atoms with Crippen molar-refractivity contribution in [2.24, 2.45) is 10.9 Å². The first-order valence-electron chi connectivity index (χ1n) is 7.11. The van der Waals surface area contributed by atoms with E-state index in [2.05, 4.69) is 15.6 Å². The third-order valence-corrected chi connectivity index (χ3v) is 5.04. The average molecular weight is 344 g/mol. The minimum absolute atomic E-state index is 0.107. The lowest BCUT2D eigenvalue weighted by atomic mass is 9.98. The Kier molecular flexibility index (Phi) is 6.48. The van der Waals surface area contributed by atoms with Crippen molar-refractivity contribution in [3.8, 4) is 0 Å². The number of nitrogens with one attached hydrogen (secondary N) is 2. The first-order chi connectivity index (χ1) is 10.1. The van der Waals surface area contributed by atoms with E-state index in [1.54, 1.807) is 7.05 Å². The van der Waals surface area contributed by atoms with Gasteiger partial charge in [-0.25, -0.2) is 8.42 Å². The molecule has 0 aromatic carbocycles. The van der Waals surface area contributed by atoms with Gasteiger partial charge in [0, 0.05) is 32.7 Å². The van der Waals surface area contributed by atoms with E-state index >= 15 is 0 Å². The largest absolute Gasteiger partial charge is 0.511 e. The summed E-state index contributed by atoms with van der Waals surface area (Å²) >= 11 is 0. The molecule has 1 fully saturated rings. The third kappa shape index (κ3) is 5.01. The smallest absolute Gasteiger partial charge is 0.356 e. The summed E-state index contributed by atoms with van der Waals surface area (Å²) in [6.07, 6.45) is 0.780. The fourth-order valence-corrected chi connectivity index (χ4v) is 3.19. The lowest BCUT2D eigenvalue weighted by Gasteiger charge is -2.31. The Balaban J connectivity index is 2.47. The molecule has 0 aromatic rings. The number of rotatable bonds is 4. The molecule has 130 valence electrons. The van der Waals surface area contributed by atoms with Gasteiger partial charge < -0.3 is 10.6 Å². The van der Waals surface area contributed by atoms with E-state index in [-0.39, 0.29) is 25.0 Å². The van der Waals surface area contributed by atoms with Gasteiger partial charge in [-0.2, -0.15) is 17.5 Å². The molecule has 1 saturated heterocycles. The standard InChI is InChI=1S/C12H23F3N4O2S/c1-9(2)18-11(16-3)17-8-10-4-6-19(7-5-10)22(20,21)12(13,14)15/h9-10H,4-8H2,1-3H3,(H2,16,17,18). The molecule has 0 bridgehead atoms. The number of hydrogen-bond donors (Lipinski definition) is 2. The average Bonchev–Trinajstić information content (AvgIpc) is 2.42. The Morgan fingerprint density at radius 1 is 1.32 bits per heavy atom. The summed E-state index contributed by atoms with van der Waals surface area (Å²) in [7, 11) is -3.56. The number of hydrogen-bond acceptors (Lipinski definition) is 3. The molecule has 0 saturated carbocycles. The molecule has 0 atom stereocenters. The second kappa shape index (κ2) is 7.49. The van der Waals surface area contributed by atoms with Gasteiger partial charge in [-0.15, -0.1) is 0 Å². The van der Waals surface area contributed by atoms with Gasteiger partial charge in [0.1, 0.15) is 0 Å². The number of aliphatic imine (C=N–C) groups is 1. The predicted molar refractivity (Wildman–Crippen MR) is 78.9 cm³/mol. The van der Waals surface area contributed by atoms with E-state index < -0.39 is 15.5 Å². The molecule has 6 nitrogen and oxygen atoms in total. The first-order valence-corrected chi connectivity index (χ1v) is 8.55. The van der Waals surface area contributed by atoms with Crippen LogP contribution in [0, 0.1) is 5.92 Å². The van der Waals surface area contributed by atoms with Gasteiger partial charge in [0.15, 0.2) is 5.96 Å². The van der Waals surface area contributed by atoms with Crippen LogP contribution in [0.15, 0.2) is 4.99 Å². The molecule has 10 heteroatoms. The van der Waals surface area contributed by atoms with Gasteiger partial charge in [-0.3, -0.25) is 4.99 Å². The highest BCUT2D eigenvalue weighted by molar-refractivity contribution is 7.90. The Morgan fingerprint density at radius 2 is 1.86 bits per heavy atom. The van der Waals surface area contributed by atoms with Crippen molar-refractivity contribution in [3.63, 3.8) is 0 Å². The maximum atomic E-state index is 12.5. The number of nitrogens with zero attached hydrogens (tertiary/aromatic N) is 2. The van der Waals surface area contributed by atoms with Crippen LogP contribution in [0.2, 0.25) is 0 Å². The van der Waals surface area contributed by atoms with Gasteiger partial charge in [-0.05, 0) is 32.6 Å². The van der Waals surface area contributed by atoms with Crippen LogP contribution in [0.25, 0.3) is 0 Å². The molecule has 2 N–H and O–H groups in total. The minimum Gasteiger partial charge on any atom is -0.356 e. The molecule has 0 unspecified atom stereocenters. The highest BCUT2D eigenvalue weighted by Gasteiger charge is 2.50. The summed E-state index contributed by atoms with van der Waals surface area (Å²) < 4.78 is 60.5. The fourth-order valence-electron chi connectivity index (χ4n) is 2.21. The highest BCUT2D eigenvalue weighted by Crippen LogP contribution is 2.30. The van der Waals surface area contributed by atoms with E-state index in [0.717, 1.165) is 0 Å². The lowest BCUT2D eigenvalue weighted by molar-refractivity contribution is -0.0496. The zero-order chi connectivity index (χ0) is 17.0. The Morgan fingerprint density at radius 3 is 2.27 bits per heavy atom. The molecule has 0 spiro atoms. The van der Waals surface area contributed by atoms with Crippen molar-refractivity contribution in [2.75, 3.05) is 26.7 Å². The van der Waals surface area contributed by atoms with Crippen LogP contribution in [-0.2, 0) is 10.0 Å². The summed E-state index contributed by atoms with van der Waals surface area (Å²) in [4.78, 5) is 4.04. The molecular formula is C12H23F3N4O2S. The van der Waals surface area contributed by atoms with E-state index in [9.17, 15) is 21.6 Å². The van der Waals surface area contributed by atoms with Crippen LogP contribution >= 0.6 is 0 Å². The number of alkyl halides is 3. The highest BCUT2D eigenvalue weighted by atomic mass is 32.2. The molecule has 0 amide bonds. The lowest BCUT2D eigenvalue weighted by Crippen LogP contribution is -2.47. The molecule has 1 rings (SSSR count). The van der Waals surface area contributed by atoms with Crippen LogP contribution in [0.4, 0.5) is 13.2 Å².